The highest BCUT2D eigenvalue weighted by molar-refractivity contribution is 6.07. The topological polar surface area (TPSA) is 71.2 Å². The lowest BCUT2D eigenvalue weighted by atomic mass is 10.1. The molecular formula is C19H24N2O3. The Bertz CT molecular complexity index is 775. The number of benzene rings is 1. The van der Waals surface area contributed by atoms with Crippen LogP contribution in [-0.4, -0.2) is 23.5 Å². The van der Waals surface area contributed by atoms with Crippen molar-refractivity contribution in [2.24, 2.45) is 0 Å². The summed E-state index contributed by atoms with van der Waals surface area (Å²) >= 11 is 0. The fourth-order valence-corrected chi connectivity index (χ4v) is 2.86. The first-order valence-corrected chi connectivity index (χ1v) is 8.16. The van der Waals surface area contributed by atoms with Gasteiger partial charge in [-0.3, -0.25) is 4.79 Å². The van der Waals surface area contributed by atoms with E-state index >= 15 is 0 Å². The lowest BCUT2D eigenvalue weighted by Crippen LogP contribution is -2.16. The monoisotopic (exact) mass is 328 g/mol. The maximum atomic E-state index is 12.7. The Balaban J connectivity index is 2.35. The number of hydrogen-bond donors (Lipinski definition) is 2. The molecule has 1 amide bonds. The van der Waals surface area contributed by atoms with E-state index in [1.54, 1.807) is 20.8 Å². The first kappa shape index (κ1) is 17.8. The van der Waals surface area contributed by atoms with Crippen molar-refractivity contribution >= 4 is 17.6 Å². The molecule has 0 saturated heterocycles. The van der Waals surface area contributed by atoms with Crippen molar-refractivity contribution in [2.75, 3.05) is 11.9 Å². The van der Waals surface area contributed by atoms with Crippen LogP contribution in [0.15, 0.2) is 18.2 Å². The van der Waals surface area contributed by atoms with Crippen molar-refractivity contribution in [3.63, 3.8) is 0 Å². The third kappa shape index (κ3) is 3.35. The van der Waals surface area contributed by atoms with E-state index in [1.807, 2.05) is 32.0 Å². The summed E-state index contributed by atoms with van der Waals surface area (Å²) in [5, 5.41) is 2.98. The maximum Gasteiger partial charge on any atom is 0.340 e. The van der Waals surface area contributed by atoms with Crippen LogP contribution < -0.4 is 5.32 Å². The predicted octanol–water partition coefficient (Wildman–Crippen LogP) is 3.93. The van der Waals surface area contributed by atoms with Crippen LogP contribution in [0.1, 0.15) is 57.1 Å². The minimum atomic E-state index is -0.409. The Morgan fingerprint density at radius 3 is 2.50 bits per heavy atom. The molecule has 128 valence electrons. The summed E-state index contributed by atoms with van der Waals surface area (Å²) in [6.07, 6.45) is 0.827. The van der Waals surface area contributed by atoms with Crippen molar-refractivity contribution in [1.82, 2.24) is 4.98 Å². The van der Waals surface area contributed by atoms with Crippen LogP contribution in [-0.2, 0) is 11.2 Å². The highest BCUT2D eigenvalue weighted by Crippen LogP contribution is 2.24. The summed E-state index contributed by atoms with van der Waals surface area (Å²) in [7, 11) is 0. The van der Waals surface area contributed by atoms with Crippen molar-refractivity contribution in [2.45, 2.75) is 41.0 Å². The number of rotatable bonds is 5. The summed E-state index contributed by atoms with van der Waals surface area (Å²) in [6, 6.07) is 5.94. The van der Waals surface area contributed by atoms with Gasteiger partial charge in [0.1, 0.15) is 5.69 Å². The number of anilines is 1. The van der Waals surface area contributed by atoms with Gasteiger partial charge in [-0.2, -0.15) is 0 Å². The molecule has 0 unspecified atom stereocenters. The SMILES string of the molecule is CCOC(=O)c1c(C)[nH]c(C(=O)Nc2c(C)cccc2CC)c1C. The van der Waals surface area contributed by atoms with E-state index < -0.39 is 5.97 Å². The van der Waals surface area contributed by atoms with Gasteiger partial charge in [0.25, 0.3) is 5.91 Å². The second-order valence-corrected chi connectivity index (χ2v) is 5.76. The molecule has 0 aliphatic heterocycles. The highest BCUT2D eigenvalue weighted by atomic mass is 16.5. The van der Waals surface area contributed by atoms with Gasteiger partial charge in [-0.25, -0.2) is 4.79 Å². The van der Waals surface area contributed by atoms with Crippen molar-refractivity contribution in [1.29, 1.82) is 0 Å². The molecule has 0 radical (unpaired) electrons. The number of H-pyrrole nitrogens is 1. The lowest BCUT2D eigenvalue weighted by Gasteiger charge is -2.12. The quantitative estimate of drug-likeness (QED) is 0.817. The van der Waals surface area contributed by atoms with Crippen molar-refractivity contribution in [3.8, 4) is 0 Å². The van der Waals surface area contributed by atoms with Gasteiger partial charge in [-0.1, -0.05) is 25.1 Å². The van der Waals surface area contributed by atoms with Gasteiger partial charge in [-0.15, -0.1) is 0 Å². The van der Waals surface area contributed by atoms with E-state index in [4.69, 9.17) is 4.74 Å². The zero-order valence-electron chi connectivity index (χ0n) is 14.9. The van der Waals surface area contributed by atoms with E-state index in [0.717, 1.165) is 23.2 Å². The standard InChI is InChI=1S/C19H24N2O3/c1-6-14-10-8-9-11(3)16(14)21-18(22)17-12(4)15(13(5)20-17)19(23)24-7-2/h8-10,20H,6-7H2,1-5H3,(H,21,22). The van der Waals surface area contributed by atoms with E-state index in [0.29, 0.717) is 29.1 Å². The first-order valence-electron chi connectivity index (χ1n) is 8.16. The fourth-order valence-electron chi connectivity index (χ4n) is 2.86. The summed E-state index contributed by atoms with van der Waals surface area (Å²) in [4.78, 5) is 27.8. The zero-order valence-corrected chi connectivity index (χ0v) is 14.9. The average molecular weight is 328 g/mol. The lowest BCUT2D eigenvalue weighted by molar-refractivity contribution is 0.0525. The average Bonchev–Trinajstić information content (AvgIpc) is 2.84. The van der Waals surface area contributed by atoms with E-state index in [9.17, 15) is 9.59 Å². The van der Waals surface area contributed by atoms with Gasteiger partial charge < -0.3 is 15.0 Å². The Hall–Kier alpha value is -2.56. The number of aromatic nitrogens is 1. The molecule has 0 saturated carbocycles. The van der Waals surface area contributed by atoms with Crippen LogP contribution in [0.5, 0.6) is 0 Å². The number of carbonyl (C=O) groups excluding carboxylic acids is 2. The normalized spacial score (nSPS) is 10.5. The largest absolute Gasteiger partial charge is 0.462 e. The summed E-state index contributed by atoms with van der Waals surface area (Å²) in [5.41, 5.74) is 4.98. The molecule has 0 spiro atoms. The number of ether oxygens (including phenoxy) is 1. The molecule has 2 rings (SSSR count). The highest BCUT2D eigenvalue weighted by Gasteiger charge is 2.23. The second-order valence-electron chi connectivity index (χ2n) is 5.76. The number of nitrogens with one attached hydrogen (secondary N) is 2. The Kier molecular flexibility index (Phi) is 5.44. The number of esters is 1. The molecular weight excluding hydrogens is 304 g/mol. The van der Waals surface area contributed by atoms with Crippen LogP contribution in [0.3, 0.4) is 0 Å². The minimum absolute atomic E-state index is 0.254. The third-order valence-electron chi connectivity index (χ3n) is 4.12. The zero-order chi connectivity index (χ0) is 17.9. The molecule has 0 aliphatic rings. The van der Waals surface area contributed by atoms with Crippen molar-refractivity contribution < 1.29 is 14.3 Å². The van der Waals surface area contributed by atoms with E-state index in [1.165, 1.54) is 0 Å². The first-order chi connectivity index (χ1) is 11.4. The summed E-state index contributed by atoms with van der Waals surface area (Å²) in [5.74, 6) is -0.664. The van der Waals surface area contributed by atoms with Gasteiger partial charge in [0.2, 0.25) is 0 Å². The van der Waals surface area contributed by atoms with Gasteiger partial charge in [0.05, 0.1) is 12.2 Å². The molecule has 1 heterocycles. The summed E-state index contributed by atoms with van der Waals surface area (Å²) in [6.45, 7) is 9.59. The molecule has 1 aromatic heterocycles. The molecule has 0 atom stereocenters. The number of aryl methyl sites for hydroxylation is 3. The Labute approximate surface area is 142 Å². The summed E-state index contributed by atoms with van der Waals surface area (Å²) < 4.78 is 5.07. The molecule has 0 bridgehead atoms. The smallest absolute Gasteiger partial charge is 0.340 e. The molecule has 2 N–H and O–H groups in total. The molecule has 0 fully saturated rings. The molecule has 5 nitrogen and oxygen atoms in total. The van der Waals surface area contributed by atoms with Crippen LogP contribution in [0, 0.1) is 20.8 Å². The predicted molar refractivity (Wildman–Crippen MR) is 94.7 cm³/mol. The Morgan fingerprint density at radius 2 is 1.88 bits per heavy atom. The van der Waals surface area contributed by atoms with Crippen molar-refractivity contribution in [3.05, 3.63) is 51.8 Å². The number of para-hydroxylation sites is 1. The molecule has 2 aromatic rings. The molecule has 24 heavy (non-hydrogen) atoms. The number of aromatic amines is 1. The molecule has 1 aromatic carbocycles. The number of amides is 1. The molecule has 0 aliphatic carbocycles. The van der Waals surface area contributed by atoms with Gasteiger partial charge in [-0.05, 0) is 50.8 Å². The van der Waals surface area contributed by atoms with Crippen LogP contribution in [0.4, 0.5) is 5.69 Å². The van der Waals surface area contributed by atoms with E-state index in [-0.39, 0.29) is 5.91 Å². The van der Waals surface area contributed by atoms with Gasteiger partial charge in [0.15, 0.2) is 0 Å². The number of hydrogen-bond acceptors (Lipinski definition) is 3. The van der Waals surface area contributed by atoms with E-state index in [2.05, 4.69) is 10.3 Å². The fraction of sp³-hybridized carbons (Fsp3) is 0.368. The second kappa shape index (κ2) is 7.34. The maximum absolute atomic E-state index is 12.7. The van der Waals surface area contributed by atoms with Crippen LogP contribution in [0.2, 0.25) is 0 Å². The Morgan fingerprint density at radius 1 is 1.17 bits per heavy atom. The minimum Gasteiger partial charge on any atom is -0.462 e. The number of carbonyl (C=O) groups is 2. The van der Waals surface area contributed by atoms with Gasteiger partial charge >= 0.3 is 5.97 Å². The molecule has 5 heteroatoms. The van der Waals surface area contributed by atoms with Crippen LogP contribution in [0.25, 0.3) is 0 Å². The van der Waals surface area contributed by atoms with Gasteiger partial charge in [0, 0.05) is 11.4 Å². The third-order valence-corrected chi connectivity index (χ3v) is 4.12. The van der Waals surface area contributed by atoms with Crippen LogP contribution >= 0.6 is 0 Å².